The topological polar surface area (TPSA) is 68.8 Å². The molecule has 0 saturated heterocycles. The lowest BCUT2D eigenvalue weighted by Gasteiger charge is -2.03. The van der Waals surface area contributed by atoms with Crippen molar-refractivity contribution < 1.29 is 4.52 Å². The Morgan fingerprint density at radius 2 is 2.40 bits per heavy atom. The Kier molecular flexibility index (Phi) is 2.66. The van der Waals surface area contributed by atoms with Crippen molar-refractivity contribution in [3.63, 3.8) is 0 Å². The SMILES string of the molecule is CCn1nccc1CNc1nc(C)no1. The predicted octanol–water partition coefficient (Wildman–Crippen LogP) is 1.21. The molecule has 0 aromatic carbocycles. The smallest absolute Gasteiger partial charge is 0.321 e. The van der Waals surface area contributed by atoms with Gasteiger partial charge in [-0.1, -0.05) is 5.16 Å². The zero-order valence-corrected chi connectivity index (χ0v) is 8.77. The summed E-state index contributed by atoms with van der Waals surface area (Å²) in [5.74, 6) is 0.626. The second-order valence-corrected chi connectivity index (χ2v) is 3.14. The fourth-order valence-corrected chi connectivity index (χ4v) is 1.33. The Hall–Kier alpha value is -1.85. The Bertz CT molecular complexity index is 433. The van der Waals surface area contributed by atoms with Crippen molar-refractivity contribution >= 4 is 6.01 Å². The molecule has 0 amide bonds. The molecule has 0 radical (unpaired) electrons. The number of hydrogen-bond donors (Lipinski definition) is 1. The van der Waals surface area contributed by atoms with Crippen LogP contribution >= 0.6 is 0 Å². The molecule has 0 atom stereocenters. The Labute approximate surface area is 87.3 Å². The summed E-state index contributed by atoms with van der Waals surface area (Å²) in [6.45, 7) is 5.32. The van der Waals surface area contributed by atoms with Gasteiger partial charge in [-0.25, -0.2) is 0 Å². The number of nitrogens with zero attached hydrogens (tertiary/aromatic N) is 4. The molecule has 0 saturated carbocycles. The van der Waals surface area contributed by atoms with Gasteiger partial charge in [0.2, 0.25) is 0 Å². The molecule has 0 unspecified atom stereocenters. The maximum Gasteiger partial charge on any atom is 0.321 e. The van der Waals surface area contributed by atoms with E-state index in [-0.39, 0.29) is 0 Å². The van der Waals surface area contributed by atoms with Gasteiger partial charge in [0, 0.05) is 12.7 Å². The van der Waals surface area contributed by atoms with Gasteiger partial charge in [0.25, 0.3) is 0 Å². The Morgan fingerprint density at radius 1 is 1.53 bits per heavy atom. The first-order valence-electron chi connectivity index (χ1n) is 4.84. The minimum atomic E-state index is 0.441. The highest BCUT2D eigenvalue weighted by molar-refractivity contribution is 5.20. The summed E-state index contributed by atoms with van der Waals surface area (Å²) >= 11 is 0. The third kappa shape index (κ3) is 2.15. The molecule has 1 N–H and O–H groups in total. The van der Waals surface area contributed by atoms with Crippen molar-refractivity contribution in [2.24, 2.45) is 0 Å². The molecule has 0 fully saturated rings. The number of hydrogen-bond acceptors (Lipinski definition) is 5. The van der Waals surface area contributed by atoms with Gasteiger partial charge in [0.05, 0.1) is 12.2 Å². The summed E-state index contributed by atoms with van der Waals surface area (Å²) in [5.41, 5.74) is 1.09. The fraction of sp³-hybridized carbons (Fsp3) is 0.444. The largest absolute Gasteiger partial charge is 0.332 e. The van der Waals surface area contributed by atoms with Crippen LogP contribution in [0.3, 0.4) is 0 Å². The highest BCUT2D eigenvalue weighted by atomic mass is 16.5. The maximum atomic E-state index is 4.93. The summed E-state index contributed by atoms with van der Waals surface area (Å²) in [5, 5.41) is 10.9. The minimum absolute atomic E-state index is 0.441. The molecule has 0 aliphatic rings. The molecule has 0 bridgehead atoms. The van der Waals surface area contributed by atoms with E-state index in [2.05, 4.69) is 20.6 Å². The highest BCUT2D eigenvalue weighted by Crippen LogP contribution is 2.05. The van der Waals surface area contributed by atoms with E-state index in [0.717, 1.165) is 12.2 Å². The van der Waals surface area contributed by atoms with E-state index in [9.17, 15) is 0 Å². The first-order valence-corrected chi connectivity index (χ1v) is 4.84. The third-order valence-corrected chi connectivity index (χ3v) is 2.05. The first kappa shape index (κ1) is 9.70. The molecule has 0 spiro atoms. The Morgan fingerprint density at radius 3 is 3.07 bits per heavy atom. The first-order chi connectivity index (χ1) is 7.29. The quantitative estimate of drug-likeness (QED) is 0.816. The second kappa shape index (κ2) is 4.12. The Balaban J connectivity index is 1.98. The second-order valence-electron chi connectivity index (χ2n) is 3.14. The van der Waals surface area contributed by atoms with Crippen LogP contribution in [0.4, 0.5) is 6.01 Å². The molecule has 0 aliphatic carbocycles. The minimum Gasteiger partial charge on any atom is -0.332 e. The van der Waals surface area contributed by atoms with Crippen LogP contribution in [0.1, 0.15) is 18.4 Å². The van der Waals surface area contributed by atoms with Crippen LogP contribution in [0.25, 0.3) is 0 Å². The van der Waals surface area contributed by atoms with Crippen LogP contribution in [-0.4, -0.2) is 19.9 Å². The summed E-state index contributed by atoms with van der Waals surface area (Å²) in [6, 6.07) is 2.40. The van der Waals surface area contributed by atoms with Gasteiger partial charge in [-0.05, 0) is 19.9 Å². The zero-order valence-electron chi connectivity index (χ0n) is 8.77. The highest BCUT2D eigenvalue weighted by Gasteiger charge is 2.04. The van der Waals surface area contributed by atoms with Gasteiger partial charge in [0.1, 0.15) is 0 Å². The molecular formula is C9H13N5O. The number of anilines is 1. The number of nitrogens with one attached hydrogen (secondary N) is 1. The molecule has 6 heteroatoms. The van der Waals surface area contributed by atoms with Gasteiger partial charge in [-0.3, -0.25) is 4.68 Å². The van der Waals surface area contributed by atoms with E-state index in [1.165, 1.54) is 0 Å². The summed E-state index contributed by atoms with van der Waals surface area (Å²) in [7, 11) is 0. The van der Waals surface area contributed by atoms with E-state index in [1.54, 1.807) is 13.1 Å². The lowest BCUT2D eigenvalue weighted by molar-refractivity contribution is 0.424. The van der Waals surface area contributed by atoms with Gasteiger partial charge >= 0.3 is 6.01 Å². The third-order valence-electron chi connectivity index (χ3n) is 2.05. The van der Waals surface area contributed by atoms with Crippen LogP contribution in [-0.2, 0) is 13.1 Å². The molecule has 0 aliphatic heterocycles. The van der Waals surface area contributed by atoms with E-state index < -0.39 is 0 Å². The molecule has 2 heterocycles. The van der Waals surface area contributed by atoms with Crippen molar-refractivity contribution in [2.75, 3.05) is 5.32 Å². The lowest BCUT2D eigenvalue weighted by atomic mass is 10.4. The van der Waals surface area contributed by atoms with Crippen LogP contribution < -0.4 is 5.32 Å². The average Bonchev–Trinajstić information content (AvgIpc) is 2.83. The average molecular weight is 207 g/mol. The van der Waals surface area contributed by atoms with E-state index in [1.807, 2.05) is 17.7 Å². The van der Waals surface area contributed by atoms with Gasteiger partial charge in [-0.15, -0.1) is 0 Å². The van der Waals surface area contributed by atoms with Crippen LogP contribution in [0.2, 0.25) is 0 Å². The van der Waals surface area contributed by atoms with Crippen molar-refractivity contribution in [3.8, 4) is 0 Å². The van der Waals surface area contributed by atoms with Crippen molar-refractivity contribution in [3.05, 3.63) is 23.8 Å². The van der Waals surface area contributed by atoms with Crippen molar-refractivity contribution in [1.82, 2.24) is 19.9 Å². The van der Waals surface area contributed by atoms with Crippen LogP contribution in [0, 0.1) is 6.92 Å². The maximum absolute atomic E-state index is 4.93. The number of aryl methyl sites for hydroxylation is 2. The fourth-order valence-electron chi connectivity index (χ4n) is 1.33. The molecule has 2 rings (SSSR count). The monoisotopic (exact) mass is 207 g/mol. The normalized spacial score (nSPS) is 10.5. The zero-order chi connectivity index (χ0) is 10.7. The molecule has 2 aromatic rings. The molecule has 80 valence electrons. The van der Waals surface area contributed by atoms with Gasteiger partial charge in [0.15, 0.2) is 5.82 Å². The molecular weight excluding hydrogens is 194 g/mol. The summed E-state index contributed by atoms with van der Waals surface area (Å²) in [6.07, 6.45) is 1.78. The molecule has 6 nitrogen and oxygen atoms in total. The lowest BCUT2D eigenvalue weighted by Crippen LogP contribution is -2.07. The van der Waals surface area contributed by atoms with Crippen LogP contribution in [0.5, 0.6) is 0 Å². The number of aromatic nitrogens is 4. The molecule has 15 heavy (non-hydrogen) atoms. The summed E-state index contributed by atoms with van der Waals surface area (Å²) in [4.78, 5) is 4.05. The van der Waals surface area contributed by atoms with E-state index >= 15 is 0 Å². The predicted molar refractivity (Wildman–Crippen MR) is 54.3 cm³/mol. The van der Waals surface area contributed by atoms with Crippen molar-refractivity contribution in [2.45, 2.75) is 26.9 Å². The summed E-state index contributed by atoms with van der Waals surface area (Å²) < 4.78 is 6.85. The van der Waals surface area contributed by atoms with Gasteiger partial charge < -0.3 is 9.84 Å². The number of rotatable bonds is 4. The molecule has 2 aromatic heterocycles. The van der Waals surface area contributed by atoms with Crippen molar-refractivity contribution in [1.29, 1.82) is 0 Å². The standard InChI is InChI=1S/C9H13N5O/c1-3-14-8(4-5-11-14)6-10-9-12-7(2)13-15-9/h4-5H,3,6H2,1-2H3,(H,10,12,13). The van der Waals surface area contributed by atoms with Crippen LogP contribution in [0.15, 0.2) is 16.8 Å². The van der Waals surface area contributed by atoms with Gasteiger partial charge in [-0.2, -0.15) is 10.1 Å². The van der Waals surface area contributed by atoms with E-state index in [0.29, 0.717) is 18.4 Å². The van der Waals surface area contributed by atoms with E-state index in [4.69, 9.17) is 4.52 Å².